The number of nitrogen functional groups attached to an aromatic ring is 1. The molecule has 0 spiro atoms. The van der Waals surface area contributed by atoms with E-state index in [-0.39, 0.29) is 0 Å². The maximum absolute atomic E-state index is 6.09. The van der Waals surface area contributed by atoms with Gasteiger partial charge in [0.1, 0.15) is 5.82 Å². The molecule has 30 heavy (non-hydrogen) atoms. The van der Waals surface area contributed by atoms with Gasteiger partial charge >= 0.3 is 0 Å². The second-order valence-corrected chi connectivity index (χ2v) is 7.18. The predicted molar refractivity (Wildman–Crippen MR) is 124 cm³/mol. The highest BCUT2D eigenvalue weighted by atomic mass is 32.1. The van der Waals surface area contributed by atoms with Crippen LogP contribution >= 0.6 is 12.8 Å². The van der Waals surface area contributed by atoms with E-state index < -0.39 is 0 Å². The standard InChI is InChI=1S/C23H23N5OS/c24-23-18(6-11-29-12-10-28-30)13-19(15-27-23)17-1-2-22-21(14-17)20(5-9-26-22)16-3-7-25-8-4-16/h1-5,7-9,13-15,28,30H,6,10-12H2,(H2,24,27). The van der Waals surface area contributed by atoms with Gasteiger partial charge in [-0.05, 0) is 65.1 Å². The summed E-state index contributed by atoms with van der Waals surface area (Å²) < 4.78 is 8.36. The van der Waals surface area contributed by atoms with E-state index in [0.717, 1.165) is 38.7 Å². The Balaban J connectivity index is 1.65. The number of nitrogens with one attached hydrogen (secondary N) is 1. The minimum Gasteiger partial charge on any atom is -0.383 e. The van der Waals surface area contributed by atoms with Gasteiger partial charge in [0.05, 0.1) is 18.7 Å². The van der Waals surface area contributed by atoms with E-state index in [1.54, 1.807) is 12.4 Å². The van der Waals surface area contributed by atoms with Gasteiger partial charge in [-0.25, -0.2) is 4.98 Å². The third kappa shape index (κ3) is 4.59. The zero-order valence-corrected chi connectivity index (χ0v) is 17.3. The molecule has 0 fully saturated rings. The highest BCUT2D eigenvalue weighted by molar-refractivity contribution is 7.78. The van der Waals surface area contributed by atoms with Gasteiger partial charge in [0.2, 0.25) is 0 Å². The number of anilines is 1. The van der Waals surface area contributed by atoms with Crippen LogP contribution in [-0.4, -0.2) is 34.7 Å². The highest BCUT2D eigenvalue weighted by Crippen LogP contribution is 2.31. The normalized spacial score (nSPS) is 11.1. The minimum absolute atomic E-state index is 0.537. The number of aromatic nitrogens is 3. The largest absolute Gasteiger partial charge is 0.383 e. The Morgan fingerprint density at radius 2 is 1.77 bits per heavy atom. The van der Waals surface area contributed by atoms with E-state index in [9.17, 15) is 0 Å². The van der Waals surface area contributed by atoms with E-state index >= 15 is 0 Å². The summed E-state index contributed by atoms with van der Waals surface area (Å²) in [4.78, 5) is 13.0. The van der Waals surface area contributed by atoms with Crippen molar-refractivity contribution in [1.82, 2.24) is 19.7 Å². The molecule has 3 N–H and O–H groups in total. The van der Waals surface area contributed by atoms with Crippen LogP contribution in [0.1, 0.15) is 5.56 Å². The summed E-state index contributed by atoms with van der Waals surface area (Å²) in [5, 5.41) is 1.09. The zero-order chi connectivity index (χ0) is 20.8. The number of rotatable bonds is 8. The summed E-state index contributed by atoms with van der Waals surface area (Å²) in [6.07, 6.45) is 7.96. The molecular weight excluding hydrogens is 394 g/mol. The molecule has 0 saturated carbocycles. The molecule has 6 nitrogen and oxygen atoms in total. The van der Waals surface area contributed by atoms with Crippen LogP contribution in [0.4, 0.5) is 5.82 Å². The van der Waals surface area contributed by atoms with E-state index in [1.165, 1.54) is 0 Å². The Bertz CT molecular complexity index is 1140. The molecule has 0 amide bonds. The summed E-state index contributed by atoms with van der Waals surface area (Å²) in [7, 11) is 0. The van der Waals surface area contributed by atoms with Crippen molar-refractivity contribution in [3.05, 3.63) is 72.8 Å². The van der Waals surface area contributed by atoms with Crippen LogP contribution in [0.25, 0.3) is 33.2 Å². The molecule has 1 aromatic carbocycles. The molecule has 0 aliphatic carbocycles. The van der Waals surface area contributed by atoms with Crippen LogP contribution in [0.3, 0.4) is 0 Å². The molecule has 0 aliphatic heterocycles. The van der Waals surface area contributed by atoms with Gasteiger partial charge < -0.3 is 10.5 Å². The lowest BCUT2D eigenvalue weighted by Gasteiger charge is -2.11. The molecule has 0 bridgehead atoms. The topological polar surface area (TPSA) is 86.0 Å². The Hall–Kier alpha value is -3.00. The molecule has 0 saturated heterocycles. The first kappa shape index (κ1) is 20.3. The maximum Gasteiger partial charge on any atom is 0.126 e. The third-order valence-electron chi connectivity index (χ3n) is 4.94. The lowest BCUT2D eigenvalue weighted by molar-refractivity contribution is 0.143. The average molecular weight is 418 g/mol. The van der Waals surface area contributed by atoms with Crippen molar-refractivity contribution in [2.24, 2.45) is 0 Å². The first-order valence-corrected chi connectivity index (χ1v) is 10.2. The van der Waals surface area contributed by atoms with Crippen molar-refractivity contribution in [1.29, 1.82) is 0 Å². The fourth-order valence-electron chi connectivity index (χ4n) is 3.39. The molecule has 0 atom stereocenters. The summed E-state index contributed by atoms with van der Waals surface area (Å²) in [5.41, 5.74) is 12.3. The summed E-state index contributed by atoms with van der Waals surface area (Å²) in [6, 6.07) is 14.4. The molecular formula is C23H23N5OS. The smallest absolute Gasteiger partial charge is 0.126 e. The summed E-state index contributed by atoms with van der Waals surface area (Å²) in [5.74, 6) is 0.537. The number of pyridine rings is 3. The van der Waals surface area contributed by atoms with Crippen molar-refractivity contribution < 1.29 is 4.74 Å². The monoisotopic (exact) mass is 417 g/mol. The zero-order valence-electron chi connectivity index (χ0n) is 16.5. The second kappa shape index (κ2) is 9.67. The van der Waals surface area contributed by atoms with E-state index in [1.807, 2.05) is 36.7 Å². The van der Waals surface area contributed by atoms with Gasteiger partial charge in [-0.2, -0.15) is 0 Å². The molecule has 4 aromatic rings. The molecule has 7 heteroatoms. The Morgan fingerprint density at radius 3 is 2.60 bits per heavy atom. The van der Waals surface area contributed by atoms with Crippen LogP contribution in [0, 0.1) is 0 Å². The first-order valence-electron chi connectivity index (χ1n) is 9.75. The fourth-order valence-corrected chi connectivity index (χ4v) is 3.48. The molecule has 0 radical (unpaired) electrons. The molecule has 3 heterocycles. The van der Waals surface area contributed by atoms with E-state index in [0.29, 0.717) is 32.0 Å². The number of fused-ring (bicyclic) bond motifs is 1. The Kier molecular flexibility index (Phi) is 6.53. The van der Waals surface area contributed by atoms with Crippen molar-refractivity contribution in [2.75, 3.05) is 25.5 Å². The van der Waals surface area contributed by atoms with Gasteiger partial charge in [0.25, 0.3) is 0 Å². The van der Waals surface area contributed by atoms with E-state index in [2.05, 4.69) is 50.7 Å². The molecule has 3 aromatic heterocycles. The first-order chi connectivity index (χ1) is 14.8. The van der Waals surface area contributed by atoms with Gasteiger partial charge in [0, 0.05) is 42.3 Å². The van der Waals surface area contributed by atoms with Crippen LogP contribution in [0.15, 0.2) is 67.3 Å². The van der Waals surface area contributed by atoms with Crippen molar-refractivity contribution in [2.45, 2.75) is 6.42 Å². The van der Waals surface area contributed by atoms with Crippen molar-refractivity contribution >= 4 is 29.5 Å². The summed E-state index contributed by atoms with van der Waals surface area (Å²) >= 11 is 3.95. The van der Waals surface area contributed by atoms with Gasteiger partial charge in [-0.3, -0.25) is 14.7 Å². The number of thiol groups is 1. The number of nitrogens with zero attached hydrogens (tertiary/aromatic N) is 3. The lowest BCUT2D eigenvalue weighted by Crippen LogP contribution is -2.11. The number of hydrogen-bond donors (Lipinski definition) is 3. The van der Waals surface area contributed by atoms with Gasteiger partial charge in [0.15, 0.2) is 0 Å². The quantitative estimate of drug-likeness (QED) is 0.297. The predicted octanol–water partition coefficient (Wildman–Crippen LogP) is 3.93. The number of nitrogens with two attached hydrogens (primary N) is 1. The third-order valence-corrected chi connectivity index (χ3v) is 5.17. The molecule has 0 unspecified atom stereocenters. The highest BCUT2D eigenvalue weighted by Gasteiger charge is 2.09. The molecule has 152 valence electrons. The van der Waals surface area contributed by atoms with Crippen LogP contribution in [-0.2, 0) is 11.2 Å². The van der Waals surface area contributed by atoms with Crippen LogP contribution in [0.5, 0.6) is 0 Å². The van der Waals surface area contributed by atoms with Crippen molar-refractivity contribution in [3.63, 3.8) is 0 Å². The minimum atomic E-state index is 0.537. The SMILES string of the molecule is Nc1ncc(-c2ccc3nccc(-c4ccncc4)c3c2)cc1CCOCCNS. The van der Waals surface area contributed by atoms with Gasteiger partial charge in [-0.15, -0.1) is 0 Å². The van der Waals surface area contributed by atoms with Crippen molar-refractivity contribution in [3.8, 4) is 22.3 Å². The molecule has 4 rings (SSSR count). The van der Waals surface area contributed by atoms with Crippen LogP contribution < -0.4 is 10.5 Å². The fraction of sp³-hybridized carbons (Fsp3) is 0.174. The number of benzene rings is 1. The lowest BCUT2D eigenvalue weighted by atomic mass is 9.97. The number of hydrogen-bond acceptors (Lipinski definition) is 7. The van der Waals surface area contributed by atoms with E-state index in [4.69, 9.17) is 10.5 Å². The maximum atomic E-state index is 6.09. The number of ether oxygens (including phenoxy) is 1. The molecule has 0 aliphatic rings. The Labute approximate surface area is 181 Å². The Morgan fingerprint density at radius 1 is 0.900 bits per heavy atom. The van der Waals surface area contributed by atoms with Crippen LogP contribution in [0.2, 0.25) is 0 Å². The summed E-state index contributed by atoms with van der Waals surface area (Å²) in [6.45, 7) is 1.88. The second-order valence-electron chi connectivity index (χ2n) is 6.87. The van der Waals surface area contributed by atoms with Gasteiger partial charge in [-0.1, -0.05) is 18.9 Å². The average Bonchev–Trinajstić information content (AvgIpc) is 2.80.